The maximum absolute atomic E-state index is 10.8. The van der Waals surface area contributed by atoms with E-state index in [-0.39, 0.29) is 0 Å². The van der Waals surface area contributed by atoms with E-state index in [1.807, 2.05) is 33.0 Å². The summed E-state index contributed by atoms with van der Waals surface area (Å²) in [7, 11) is 1.99. The molecule has 1 aromatic rings. The van der Waals surface area contributed by atoms with Gasteiger partial charge in [0.25, 0.3) is 0 Å². The molecule has 0 spiro atoms. The fourth-order valence-corrected chi connectivity index (χ4v) is 2.28. The maximum atomic E-state index is 10.8. The number of ether oxygens (including phenoxy) is 1. The molecule has 94 valence electrons. The number of rotatable bonds is 1. The Labute approximate surface area is 107 Å². The molecule has 0 amide bonds. The molecule has 1 saturated heterocycles. The first-order valence-electron chi connectivity index (χ1n) is 5.71. The Kier molecular flexibility index (Phi) is 3.21. The number of hydrogen-bond donors (Lipinski definition) is 1. The third-order valence-electron chi connectivity index (χ3n) is 3.76. The molecule has 1 heterocycles. The van der Waals surface area contributed by atoms with Crippen LogP contribution in [0, 0.1) is 0 Å². The second-order valence-electron chi connectivity index (χ2n) is 4.98. The minimum atomic E-state index is -1.30. The lowest BCUT2D eigenvalue weighted by Gasteiger charge is -2.51. The van der Waals surface area contributed by atoms with E-state index in [2.05, 4.69) is 4.90 Å². The lowest BCUT2D eigenvalue weighted by atomic mass is 9.84. The number of morpholine rings is 1. The van der Waals surface area contributed by atoms with Crippen molar-refractivity contribution in [2.45, 2.75) is 25.2 Å². The molecule has 1 atom stereocenters. The van der Waals surface area contributed by atoms with Gasteiger partial charge in [0, 0.05) is 17.1 Å². The Morgan fingerprint density at radius 2 is 1.88 bits per heavy atom. The van der Waals surface area contributed by atoms with Crippen LogP contribution >= 0.6 is 11.6 Å². The molecule has 1 unspecified atom stereocenters. The van der Waals surface area contributed by atoms with E-state index in [0.717, 1.165) is 12.1 Å². The van der Waals surface area contributed by atoms with Crippen molar-refractivity contribution in [2.24, 2.45) is 0 Å². The molecule has 1 aliphatic rings. The van der Waals surface area contributed by atoms with E-state index in [0.29, 0.717) is 11.6 Å². The molecule has 0 radical (unpaired) electrons. The van der Waals surface area contributed by atoms with Crippen LogP contribution in [0.15, 0.2) is 24.3 Å². The molecular weight excluding hydrogens is 238 g/mol. The average Bonchev–Trinajstić information content (AvgIpc) is 2.27. The van der Waals surface area contributed by atoms with Gasteiger partial charge in [-0.15, -0.1) is 0 Å². The standard InChI is InChI=1S/C13H18ClNO2/c1-12(2)13(16,17-9-8-15(12)3)10-4-6-11(14)7-5-10/h4-7,16H,8-9H2,1-3H3. The molecule has 2 rings (SSSR count). The SMILES string of the molecule is CN1CCOC(O)(c2ccc(Cl)cc2)C1(C)C. The first-order chi connectivity index (χ1) is 7.88. The van der Waals surface area contributed by atoms with Crippen molar-refractivity contribution in [1.29, 1.82) is 0 Å². The number of halogens is 1. The summed E-state index contributed by atoms with van der Waals surface area (Å²) >= 11 is 5.86. The predicted molar refractivity (Wildman–Crippen MR) is 68.0 cm³/mol. The number of likely N-dealkylation sites (N-methyl/N-ethyl adjacent to an activating group) is 1. The third kappa shape index (κ3) is 1.97. The molecule has 3 nitrogen and oxygen atoms in total. The largest absolute Gasteiger partial charge is 0.360 e. The van der Waals surface area contributed by atoms with Crippen LogP contribution in [0.2, 0.25) is 5.02 Å². The highest BCUT2D eigenvalue weighted by atomic mass is 35.5. The van der Waals surface area contributed by atoms with Crippen LogP contribution < -0.4 is 0 Å². The first kappa shape index (κ1) is 12.8. The summed E-state index contributed by atoms with van der Waals surface area (Å²) in [5, 5.41) is 11.5. The summed E-state index contributed by atoms with van der Waals surface area (Å²) in [6.07, 6.45) is 0. The van der Waals surface area contributed by atoms with Gasteiger partial charge in [-0.1, -0.05) is 23.7 Å². The number of hydrogen-bond acceptors (Lipinski definition) is 3. The van der Waals surface area contributed by atoms with Gasteiger partial charge in [0.15, 0.2) is 0 Å². The number of aliphatic hydroxyl groups is 1. The fourth-order valence-electron chi connectivity index (χ4n) is 2.16. The van der Waals surface area contributed by atoms with Gasteiger partial charge in [-0.05, 0) is 33.0 Å². The highest BCUT2D eigenvalue weighted by molar-refractivity contribution is 6.30. The monoisotopic (exact) mass is 255 g/mol. The lowest BCUT2D eigenvalue weighted by Crippen LogP contribution is -2.63. The van der Waals surface area contributed by atoms with Gasteiger partial charge in [-0.25, -0.2) is 0 Å². The minimum absolute atomic E-state index is 0.487. The zero-order valence-electron chi connectivity index (χ0n) is 10.4. The van der Waals surface area contributed by atoms with Gasteiger partial charge in [-0.2, -0.15) is 0 Å². The second-order valence-corrected chi connectivity index (χ2v) is 5.42. The smallest absolute Gasteiger partial charge is 0.210 e. The van der Waals surface area contributed by atoms with Gasteiger partial charge in [-0.3, -0.25) is 4.90 Å². The Morgan fingerprint density at radius 1 is 1.29 bits per heavy atom. The van der Waals surface area contributed by atoms with Crippen LogP contribution in [0.5, 0.6) is 0 Å². The van der Waals surface area contributed by atoms with Gasteiger partial charge < -0.3 is 9.84 Å². The summed E-state index contributed by atoms with van der Waals surface area (Å²) in [5.74, 6) is -1.30. The van der Waals surface area contributed by atoms with E-state index >= 15 is 0 Å². The Hall–Kier alpha value is -0.610. The van der Waals surface area contributed by atoms with Gasteiger partial charge >= 0.3 is 0 Å². The van der Waals surface area contributed by atoms with Crippen molar-refractivity contribution >= 4 is 11.6 Å². The highest BCUT2D eigenvalue weighted by Gasteiger charge is 2.51. The average molecular weight is 256 g/mol. The molecule has 0 aromatic heterocycles. The number of nitrogens with zero attached hydrogens (tertiary/aromatic N) is 1. The topological polar surface area (TPSA) is 32.7 Å². The Morgan fingerprint density at radius 3 is 2.47 bits per heavy atom. The van der Waals surface area contributed by atoms with E-state index in [1.54, 1.807) is 12.1 Å². The Balaban J connectivity index is 2.43. The molecule has 17 heavy (non-hydrogen) atoms. The zero-order chi connectivity index (χ0) is 12.7. The molecular formula is C13H18ClNO2. The molecule has 1 aromatic carbocycles. The summed E-state index contributed by atoms with van der Waals surface area (Å²) in [6, 6.07) is 7.15. The molecule has 1 N–H and O–H groups in total. The van der Waals surface area contributed by atoms with Crippen LogP contribution in [0.3, 0.4) is 0 Å². The van der Waals surface area contributed by atoms with Crippen LogP contribution in [0.25, 0.3) is 0 Å². The molecule has 1 aliphatic heterocycles. The van der Waals surface area contributed by atoms with Crippen molar-refractivity contribution in [1.82, 2.24) is 4.90 Å². The van der Waals surface area contributed by atoms with Crippen LogP contribution in [-0.4, -0.2) is 35.7 Å². The van der Waals surface area contributed by atoms with Crippen molar-refractivity contribution in [3.63, 3.8) is 0 Å². The van der Waals surface area contributed by atoms with Crippen LogP contribution in [0.1, 0.15) is 19.4 Å². The zero-order valence-corrected chi connectivity index (χ0v) is 11.2. The summed E-state index contributed by atoms with van der Waals surface area (Å²) in [5.41, 5.74) is 0.248. The minimum Gasteiger partial charge on any atom is -0.360 e. The molecule has 0 aliphatic carbocycles. The van der Waals surface area contributed by atoms with Crippen molar-refractivity contribution in [3.05, 3.63) is 34.9 Å². The van der Waals surface area contributed by atoms with Crippen molar-refractivity contribution in [2.75, 3.05) is 20.2 Å². The summed E-state index contributed by atoms with van der Waals surface area (Å²) in [4.78, 5) is 2.10. The van der Waals surface area contributed by atoms with Gasteiger partial charge in [0.2, 0.25) is 5.79 Å². The van der Waals surface area contributed by atoms with E-state index in [4.69, 9.17) is 16.3 Å². The predicted octanol–water partition coefficient (Wildman–Crippen LogP) is 2.23. The van der Waals surface area contributed by atoms with Gasteiger partial charge in [0.05, 0.1) is 12.1 Å². The fraction of sp³-hybridized carbons (Fsp3) is 0.538. The quantitative estimate of drug-likeness (QED) is 0.835. The van der Waals surface area contributed by atoms with Crippen LogP contribution in [0.4, 0.5) is 0 Å². The number of benzene rings is 1. The summed E-state index contributed by atoms with van der Waals surface area (Å²) < 4.78 is 5.65. The highest BCUT2D eigenvalue weighted by Crippen LogP contribution is 2.40. The van der Waals surface area contributed by atoms with E-state index in [1.165, 1.54) is 0 Å². The molecule has 0 bridgehead atoms. The summed E-state index contributed by atoms with van der Waals surface area (Å²) in [6.45, 7) is 5.27. The van der Waals surface area contributed by atoms with Crippen LogP contribution in [-0.2, 0) is 10.5 Å². The van der Waals surface area contributed by atoms with E-state index < -0.39 is 11.3 Å². The molecule has 1 fully saturated rings. The Bertz CT molecular complexity index is 404. The molecule has 4 heteroatoms. The lowest BCUT2D eigenvalue weighted by molar-refractivity contribution is -0.304. The van der Waals surface area contributed by atoms with E-state index in [9.17, 15) is 5.11 Å². The second kappa shape index (κ2) is 4.25. The van der Waals surface area contributed by atoms with Crippen molar-refractivity contribution in [3.8, 4) is 0 Å². The third-order valence-corrected chi connectivity index (χ3v) is 4.01. The maximum Gasteiger partial charge on any atom is 0.210 e. The van der Waals surface area contributed by atoms with Crippen molar-refractivity contribution < 1.29 is 9.84 Å². The van der Waals surface area contributed by atoms with Gasteiger partial charge in [0.1, 0.15) is 0 Å². The normalized spacial score (nSPS) is 29.2. The molecule has 0 saturated carbocycles. The first-order valence-corrected chi connectivity index (χ1v) is 6.09.